The molecule has 0 amide bonds. The van der Waals surface area contributed by atoms with Crippen LogP contribution in [0.3, 0.4) is 0 Å². The summed E-state index contributed by atoms with van der Waals surface area (Å²) in [6, 6.07) is 0. The number of hydrogen-bond donors (Lipinski definition) is 2. The Balaban J connectivity index is 2.58. The molecule has 1 rings (SSSR count). The van der Waals surface area contributed by atoms with Crippen molar-refractivity contribution in [2.75, 3.05) is 6.54 Å². The van der Waals surface area contributed by atoms with E-state index in [2.05, 4.69) is 0 Å². The zero-order chi connectivity index (χ0) is 14.8. The van der Waals surface area contributed by atoms with Gasteiger partial charge in [-0.3, -0.25) is 15.3 Å². The Morgan fingerprint density at radius 3 is 1.95 bits per heavy atom. The largest absolute Gasteiger partial charge is 0.409 e. The van der Waals surface area contributed by atoms with Gasteiger partial charge < -0.3 is 15.2 Å². The van der Waals surface area contributed by atoms with Gasteiger partial charge in [-0.05, 0) is 32.2 Å². The van der Waals surface area contributed by atoms with Crippen molar-refractivity contribution in [3.05, 3.63) is 0 Å². The summed E-state index contributed by atoms with van der Waals surface area (Å²) in [5.41, 5.74) is 11.4. The minimum absolute atomic E-state index is 0.310. The van der Waals surface area contributed by atoms with Crippen LogP contribution < -0.4 is 11.5 Å². The third-order valence-electron chi connectivity index (χ3n) is 3.31. The molecular weight excluding hydrogens is 260 g/mol. The molecule has 6 heteroatoms. The average molecular weight is 286 g/mol. The van der Waals surface area contributed by atoms with E-state index in [1.807, 2.05) is 0 Å². The summed E-state index contributed by atoms with van der Waals surface area (Å²) in [7, 11) is 0. The molecule has 0 radical (unpaired) electrons. The average Bonchev–Trinajstić information content (AvgIpc) is 2.40. The van der Waals surface area contributed by atoms with E-state index < -0.39 is 17.8 Å². The third kappa shape index (κ3) is 6.86. The summed E-state index contributed by atoms with van der Waals surface area (Å²) >= 11 is 0. The number of hydrogen-bond acceptors (Lipinski definition) is 6. The highest BCUT2D eigenvalue weighted by Gasteiger charge is 2.33. The molecule has 6 nitrogen and oxygen atoms in total. The molecule has 0 atom stereocenters. The van der Waals surface area contributed by atoms with E-state index in [0.717, 1.165) is 38.5 Å². The van der Waals surface area contributed by atoms with Gasteiger partial charge in [0.15, 0.2) is 0 Å². The topological polar surface area (TPSA) is 105 Å². The molecule has 0 aliphatic carbocycles. The number of ether oxygens (including phenoxy) is 2. The van der Waals surface area contributed by atoms with Crippen LogP contribution >= 0.6 is 0 Å². The highest BCUT2D eigenvalue weighted by molar-refractivity contribution is 5.72. The molecular formula is C14H26N2O4. The van der Waals surface area contributed by atoms with Crippen molar-refractivity contribution in [1.29, 1.82) is 0 Å². The van der Waals surface area contributed by atoms with E-state index in [-0.39, 0.29) is 0 Å². The quantitative estimate of drug-likeness (QED) is 0.587. The van der Waals surface area contributed by atoms with E-state index in [4.69, 9.17) is 20.9 Å². The van der Waals surface area contributed by atoms with Gasteiger partial charge in [0.05, 0.1) is 0 Å². The lowest BCUT2D eigenvalue weighted by Crippen LogP contribution is -2.48. The number of rotatable bonds is 5. The summed E-state index contributed by atoms with van der Waals surface area (Å²) < 4.78 is 10.4. The van der Waals surface area contributed by atoms with Crippen molar-refractivity contribution in [2.24, 2.45) is 11.5 Å². The van der Waals surface area contributed by atoms with Crippen molar-refractivity contribution in [1.82, 2.24) is 0 Å². The molecule has 4 N–H and O–H groups in total. The summed E-state index contributed by atoms with van der Waals surface area (Å²) in [5, 5.41) is 0. The van der Waals surface area contributed by atoms with Crippen molar-refractivity contribution >= 4 is 11.9 Å². The van der Waals surface area contributed by atoms with Gasteiger partial charge in [-0.25, -0.2) is 0 Å². The Morgan fingerprint density at radius 2 is 1.45 bits per heavy atom. The normalized spacial score (nSPS) is 20.7. The van der Waals surface area contributed by atoms with E-state index in [0.29, 0.717) is 32.2 Å². The molecule has 116 valence electrons. The number of carbonyl (C=O) groups excluding carboxylic acids is 2. The lowest BCUT2D eigenvalue weighted by molar-refractivity contribution is -0.230. The van der Waals surface area contributed by atoms with Crippen LogP contribution in [-0.2, 0) is 19.1 Å². The van der Waals surface area contributed by atoms with Gasteiger partial charge in [0.2, 0.25) is 0 Å². The van der Waals surface area contributed by atoms with Crippen LogP contribution in [0.2, 0.25) is 0 Å². The van der Waals surface area contributed by atoms with Crippen molar-refractivity contribution < 1.29 is 19.1 Å². The molecule has 0 aromatic rings. The van der Waals surface area contributed by atoms with Crippen LogP contribution in [0.1, 0.15) is 64.2 Å². The zero-order valence-corrected chi connectivity index (χ0v) is 12.1. The third-order valence-corrected chi connectivity index (χ3v) is 3.31. The van der Waals surface area contributed by atoms with Gasteiger partial charge >= 0.3 is 17.8 Å². The smallest absolute Gasteiger partial charge is 0.315 e. The zero-order valence-electron chi connectivity index (χ0n) is 12.1. The minimum atomic E-state index is -1.62. The van der Waals surface area contributed by atoms with Crippen molar-refractivity contribution in [3.8, 4) is 0 Å². The molecule has 0 unspecified atom stereocenters. The highest BCUT2D eigenvalue weighted by Crippen LogP contribution is 2.20. The first-order chi connectivity index (χ1) is 9.56. The van der Waals surface area contributed by atoms with Gasteiger partial charge in [0.1, 0.15) is 0 Å². The summed E-state index contributed by atoms with van der Waals surface area (Å²) in [5.74, 6) is -2.42. The van der Waals surface area contributed by atoms with Crippen molar-refractivity contribution in [3.63, 3.8) is 0 Å². The Kier molecular flexibility index (Phi) is 7.54. The number of unbranched alkanes of at least 4 members (excludes halogenated alkanes) is 2. The molecule has 0 aromatic heterocycles. The van der Waals surface area contributed by atoms with Crippen LogP contribution in [-0.4, -0.2) is 24.4 Å². The number of carbonyl (C=O) groups is 2. The van der Waals surface area contributed by atoms with Crippen LogP contribution in [0.15, 0.2) is 0 Å². The molecule has 1 aliphatic rings. The maximum atomic E-state index is 11.7. The maximum Gasteiger partial charge on any atom is 0.315 e. The predicted octanol–water partition coefficient (Wildman–Crippen LogP) is 1.56. The molecule has 0 spiro atoms. The summed E-state index contributed by atoms with van der Waals surface area (Å²) in [6.07, 6.45) is 6.74. The van der Waals surface area contributed by atoms with Crippen LogP contribution in [0, 0.1) is 0 Å². The first kappa shape index (κ1) is 16.9. The first-order valence-corrected chi connectivity index (χ1v) is 7.48. The fraction of sp³-hybridized carbons (Fsp3) is 0.857. The Morgan fingerprint density at radius 1 is 0.900 bits per heavy atom. The SMILES string of the molecule is NCCCCCC1(N)OC(=O)CCCCCCC(=O)O1. The summed E-state index contributed by atoms with van der Waals surface area (Å²) in [4.78, 5) is 23.4. The summed E-state index contributed by atoms with van der Waals surface area (Å²) in [6.45, 7) is 0.608. The number of esters is 2. The van der Waals surface area contributed by atoms with Gasteiger partial charge in [0, 0.05) is 19.3 Å². The number of nitrogens with two attached hydrogens (primary N) is 2. The standard InChI is InChI=1S/C14H26N2O4/c15-11-7-3-6-10-14(16)19-12(17)8-4-1-2-5-9-13(18)20-14/h1-11,15-16H2. The Bertz CT molecular complexity index is 298. The first-order valence-electron chi connectivity index (χ1n) is 7.48. The molecule has 0 bridgehead atoms. The Hall–Kier alpha value is -1.14. The van der Waals surface area contributed by atoms with E-state index in [1.165, 1.54) is 0 Å². The fourth-order valence-electron chi connectivity index (χ4n) is 2.20. The van der Waals surface area contributed by atoms with Crippen LogP contribution in [0.4, 0.5) is 0 Å². The Labute approximate surface area is 120 Å². The lowest BCUT2D eigenvalue weighted by Gasteiger charge is -2.28. The van der Waals surface area contributed by atoms with Gasteiger partial charge in [0.25, 0.3) is 0 Å². The van der Waals surface area contributed by atoms with Gasteiger partial charge in [-0.15, -0.1) is 0 Å². The minimum Gasteiger partial charge on any atom is -0.409 e. The molecule has 20 heavy (non-hydrogen) atoms. The lowest BCUT2D eigenvalue weighted by atomic mass is 10.1. The van der Waals surface area contributed by atoms with Crippen LogP contribution in [0.5, 0.6) is 0 Å². The molecule has 1 saturated heterocycles. The second kappa shape index (κ2) is 8.92. The fourth-order valence-corrected chi connectivity index (χ4v) is 2.20. The highest BCUT2D eigenvalue weighted by atomic mass is 16.7. The predicted molar refractivity (Wildman–Crippen MR) is 74.3 cm³/mol. The van der Waals surface area contributed by atoms with Gasteiger partial charge in [-0.2, -0.15) is 0 Å². The van der Waals surface area contributed by atoms with E-state index in [1.54, 1.807) is 0 Å². The van der Waals surface area contributed by atoms with E-state index >= 15 is 0 Å². The van der Waals surface area contributed by atoms with Crippen molar-refractivity contribution in [2.45, 2.75) is 70.1 Å². The monoisotopic (exact) mass is 286 g/mol. The molecule has 0 aromatic carbocycles. The maximum absolute atomic E-state index is 11.7. The number of cyclic esters (lactones) is 2. The molecule has 1 fully saturated rings. The van der Waals surface area contributed by atoms with Crippen LogP contribution in [0.25, 0.3) is 0 Å². The molecule has 1 heterocycles. The second-order valence-electron chi connectivity index (χ2n) is 5.27. The molecule has 1 aliphatic heterocycles. The van der Waals surface area contributed by atoms with E-state index in [9.17, 15) is 9.59 Å². The second-order valence-corrected chi connectivity index (χ2v) is 5.27. The van der Waals surface area contributed by atoms with Gasteiger partial charge in [-0.1, -0.05) is 19.3 Å². The molecule has 0 saturated carbocycles.